The van der Waals surface area contributed by atoms with Crippen molar-refractivity contribution in [2.45, 2.75) is 142 Å². The number of ether oxygens (including phenoxy) is 8. The molecule has 0 aromatic rings. The van der Waals surface area contributed by atoms with Gasteiger partial charge in [-0.05, 0) is 91.9 Å². The fraction of sp³-hybridized carbons (Fsp3) is 0.838. The van der Waals surface area contributed by atoms with Crippen LogP contribution < -0.4 is 0 Å². The van der Waals surface area contributed by atoms with E-state index in [0.717, 1.165) is 51.4 Å². The summed E-state index contributed by atoms with van der Waals surface area (Å²) in [7, 11) is 3.26. The molecule has 47 heavy (non-hydrogen) atoms. The van der Waals surface area contributed by atoms with Crippen LogP contribution in [0.15, 0.2) is 25.3 Å². The average Bonchev–Trinajstić information content (AvgIpc) is 2.97. The summed E-state index contributed by atoms with van der Waals surface area (Å²) in [5, 5.41) is 0. The zero-order valence-corrected chi connectivity index (χ0v) is 30.1. The molecule has 4 unspecified atom stereocenters. The molecule has 0 heterocycles. The van der Waals surface area contributed by atoms with Gasteiger partial charge in [-0.25, -0.2) is 9.59 Å². The molecule has 2 aliphatic rings. The molecule has 2 aliphatic carbocycles. The van der Waals surface area contributed by atoms with Gasteiger partial charge in [-0.1, -0.05) is 32.4 Å². The number of carbonyl (C=O) groups excluding carboxylic acids is 2. The lowest BCUT2D eigenvalue weighted by molar-refractivity contribution is -0.186. The molecule has 0 radical (unpaired) electrons. The predicted molar refractivity (Wildman–Crippen MR) is 185 cm³/mol. The van der Waals surface area contributed by atoms with E-state index in [0.29, 0.717) is 51.5 Å². The molecule has 2 saturated carbocycles. The molecule has 2 fully saturated rings. The third kappa shape index (κ3) is 20.3. The third-order valence-corrected chi connectivity index (χ3v) is 7.62. The van der Waals surface area contributed by atoms with Crippen molar-refractivity contribution in [1.82, 2.24) is 0 Å². The summed E-state index contributed by atoms with van der Waals surface area (Å²) in [5.41, 5.74) is -2.08. The van der Waals surface area contributed by atoms with E-state index in [2.05, 4.69) is 13.2 Å². The normalized spacial score (nSPS) is 21.8. The molecule has 276 valence electrons. The number of methoxy groups -OCH3 is 2. The number of hydrogen-bond donors (Lipinski definition) is 0. The molecule has 0 N–H and O–H groups in total. The second kappa shape index (κ2) is 23.5. The van der Waals surface area contributed by atoms with Crippen molar-refractivity contribution >= 4 is 11.9 Å². The van der Waals surface area contributed by atoms with E-state index >= 15 is 0 Å². The maximum Gasteiger partial charge on any atom is 0.339 e. The minimum atomic E-state index is -1.06. The second-order valence-electron chi connectivity index (χ2n) is 14.4. The quantitative estimate of drug-likeness (QED) is 0.0822. The molecule has 0 bridgehead atoms. The summed E-state index contributed by atoms with van der Waals surface area (Å²) in [6.07, 6.45) is 13.0. The topological polar surface area (TPSA) is 108 Å². The van der Waals surface area contributed by atoms with Crippen molar-refractivity contribution in [2.24, 2.45) is 11.8 Å². The number of rotatable bonds is 18. The molecule has 0 aliphatic heterocycles. The molecule has 0 aromatic heterocycles. The lowest BCUT2D eigenvalue weighted by Crippen LogP contribution is -2.46. The van der Waals surface area contributed by atoms with Crippen LogP contribution in [0.3, 0.4) is 0 Å². The second-order valence-corrected chi connectivity index (χ2v) is 14.4. The Morgan fingerprint density at radius 1 is 0.723 bits per heavy atom. The first-order valence-corrected chi connectivity index (χ1v) is 16.8. The van der Waals surface area contributed by atoms with E-state index in [-0.39, 0.29) is 38.2 Å². The van der Waals surface area contributed by atoms with E-state index in [1.54, 1.807) is 26.4 Å². The van der Waals surface area contributed by atoms with Crippen LogP contribution >= 0.6 is 0 Å². The molecule has 0 saturated heterocycles. The van der Waals surface area contributed by atoms with Gasteiger partial charge in [0.2, 0.25) is 0 Å². The van der Waals surface area contributed by atoms with Gasteiger partial charge in [-0.15, -0.1) is 13.2 Å². The molecule has 10 heteroatoms. The van der Waals surface area contributed by atoms with Crippen LogP contribution in [0.5, 0.6) is 0 Å². The van der Waals surface area contributed by atoms with Crippen LogP contribution in [-0.2, 0) is 47.5 Å². The van der Waals surface area contributed by atoms with E-state index in [4.69, 9.17) is 37.9 Å². The number of esters is 2. The van der Waals surface area contributed by atoms with Crippen LogP contribution in [0.1, 0.15) is 113 Å². The zero-order chi connectivity index (χ0) is 34.6. The highest BCUT2D eigenvalue weighted by atomic mass is 16.7. The van der Waals surface area contributed by atoms with Gasteiger partial charge in [-0.2, -0.15) is 0 Å². The predicted octanol–water partition coefficient (Wildman–Crippen LogP) is 7.58. The number of hydrogen-bond acceptors (Lipinski definition) is 10. The van der Waals surface area contributed by atoms with Gasteiger partial charge in [0.05, 0.1) is 25.4 Å². The SMILES string of the molecule is C.C=CCC(CC=C)(OCC1CCCC(OCOC)C1)C(=O)OC(C)(C)C.COCOC1CCCC(COCC(=O)OC(C)(C)C)C1. The van der Waals surface area contributed by atoms with Gasteiger partial charge < -0.3 is 37.9 Å². The lowest BCUT2D eigenvalue weighted by atomic mass is 9.87. The van der Waals surface area contributed by atoms with Crippen LogP contribution in [0.2, 0.25) is 0 Å². The third-order valence-electron chi connectivity index (χ3n) is 7.62. The van der Waals surface area contributed by atoms with Gasteiger partial charge in [0.15, 0.2) is 5.60 Å². The Kier molecular flexibility index (Phi) is 22.6. The van der Waals surface area contributed by atoms with Crippen molar-refractivity contribution in [3.63, 3.8) is 0 Å². The first-order chi connectivity index (χ1) is 21.7. The number of carbonyl (C=O) groups is 2. The van der Waals surface area contributed by atoms with Crippen LogP contribution in [0.25, 0.3) is 0 Å². The standard InChI is InChI=1S/C21H36O5.C15H28O5.CH4/c1-7-12-21(13-8-2,19(22)26-20(3,4)5)25-15-17-10-9-11-18(14-17)24-16-23-6;1-15(2,3)20-14(16)10-18-9-12-6-5-7-13(8-12)19-11-17-4;/h7-8,17-18H,1-2,9-16H2,3-6H3;12-13H,5-11H2,1-4H3;1H4. The van der Waals surface area contributed by atoms with E-state index in [9.17, 15) is 9.59 Å². The maximum absolute atomic E-state index is 12.9. The van der Waals surface area contributed by atoms with Crippen LogP contribution in [-0.4, -0.2) is 88.6 Å². The van der Waals surface area contributed by atoms with Crippen LogP contribution in [0, 0.1) is 11.8 Å². The van der Waals surface area contributed by atoms with E-state index in [1.807, 2.05) is 41.5 Å². The molecular formula is C37H68O10. The summed E-state index contributed by atoms with van der Waals surface area (Å²) in [4.78, 5) is 24.4. The van der Waals surface area contributed by atoms with Crippen molar-refractivity contribution < 1.29 is 47.5 Å². The minimum absolute atomic E-state index is 0. The Labute approximate surface area is 286 Å². The lowest BCUT2D eigenvalue weighted by Gasteiger charge is -2.36. The van der Waals surface area contributed by atoms with Crippen LogP contribution in [0.4, 0.5) is 0 Å². The highest BCUT2D eigenvalue weighted by Gasteiger charge is 2.42. The Hall–Kier alpha value is -1.82. The summed E-state index contributed by atoms with van der Waals surface area (Å²) < 4.78 is 43.7. The maximum atomic E-state index is 12.9. The summed E-state index contributed by atoms with van der Waals surface area (Å²) >= 11 is 0. The van der Waals surface area contributed by atoms with Gasteiger partial charge in [0.25, 0.3) is 0 Å². The average molecular weight is 673 g/mol. The van der Waals surface area contributed by atoms with Crippen molar-refractivity contribution in [3.8, 4) is 0 Å². The van der Waals surface area contributed by atoms with Gasteiger partial charge in [0.1, 0.15) is 31.4 Å². The summed E-state index contributed by atoms with van der Waals surface area (Å²) in [6, 6.07) is 0. The zero-order valence-electron chi connectivity index (χ0n) is 30.1. The molecule has 0 aromatic carbocycles. The molecular weight excluding hydrogens is 604 g/mol. The van der Waals surface area contributed by atoms with E-state index < -0.39 is 16.8 Å². The van der Waals surface area contributed by atoms with Gasteiger partial charge in [0, 0.05) is 27.1 Å². The van der Waals surface area contributed by atoms with Crippen molar-refractivity contribution in [2.75, 3.05) is 47.6 Å². The molecule has 10 nitrogen and oxygen atoms in total. The Bertz CT molecular complexity index is 865. The first-order valence-electron chi connectivity index (χ1n) is 16.8. The smallest absolute Gasteiger partial charge is 0.339 e. The highest BCUT2D eigenvalue weighted by Crippen LogP contribution is 2.32. The summed E-state index contributed by atoms with van der Waals surface area (Å²) in [5.74, 6) is 0.142. The minimum Gasteiger partial charge on any atom is -0.458 e. The van der Waals surface area contributed by atoms with Crippen molar-refractivity contribution in [3.05, 3.63) is 25.3 Å². The van der Waals surface area contributed by atoms with Crippen molar-refractivity contribution in [1.29, 1.82) is 0 Å². The Morgan fingerprint density at radius 3 is 1.62 bits per heavy atom. The Morgan fingerprint density at radius 2 is 1.19 bits per heavy atom. The molecule has 0 amide bonds. The van der Waals surface area contributed by atoms with E-state index in [1.165, 1.54) is 0 Å². The van der Waals surface area contributed by atoms with Gasteiger partial charge in [-0.3, -0.25) is 0 Å². The van der Waals surface area contributed by atoms with Gasteiger partial charge >= 0.3 is 11.9 Å². The monoisotopic (exact) mass is 672 g/mol. The fourth-order valence-corrected chi connectivity index (χ4v) is 5.64. The Balaban J connectivity index is 0.000000910. The largest absolute Gasteiger partial charge is 0.458 e. The molecule has 4 atom stereocenters. The molecule has 2 rings (SSSR count). The highest BCUT2D eigenvalue weighted by molar-refractivity contribution is 5.80. The fourth-order valence-electron chi connectivity index (χ4n) is 5.64. The summed E-state index contributed by atoms with van der Waals surface area (Å²) in [6.45, 7) is 20.5. The first kappa shape index (κ1) is 45.2. The molecule has 0 spiro atoms.